The smallest absolute Gasteiger partial charge is 0.475 e. The van der Waals surface area contributed by atoms with Crippen molar-refractivity contribution in [3.05, 3.63) is 17.7 Å². The van der Waals surface area contributed by atoms with E-state index in [1.807, 2.05) is 0 Å². The number of carbonyl (C=O) groups is 2. The molecule has 0 bridgehead atoms. The summed E-state index contributed by atoms with van der Waals surface area (Å²) in [5.41, 5.74) is 2.81. The van der Waals surface area contributed by atoms with Crippen LogP contribution in [0.25, 0.3) is 0 Å². The SMILES string of the molecule is O=C(O)C(F)(F)F.O=C(O)C(F)(F)F.c1nc2c(n1CC1CC1)C(COCC1CCOCC1)CN(C1CCC1)C2. The molecule has 0 radical (unpaired) electrons. The van der Waals surface area contributed by atoms with Gasteiger partial charge >= 0.3 is 24.3 Å². The third-order valence-corrected chi connectivity index (χ3v) is 7.39. The zero-order valence-corrected chi connectivity index (χ0v) is 21.9. The van der Waals surface area contributed by atoms with Gasteiger partial charge in [0.25, 0.3) is 0 Å². The average Bonchev–Trinajstić information content (AvgIpc) is 3.56. The largest absolute Gasteiger partial charge is 0.490 e. The van der Waals surface area contributed by atoms with Crippen LogP contribution in [-0.4, -0.2) is 88.0 Å². The summed E-state index contributed by atoms with van der Waals surface area (Å²) in [5, 5.41) is 14.2. The van der Waals surface area contributed by atoms with Crippen molar-refractivity contribution in [3.8, 4) is 0 Å². The number of nitrogens with zero attached hydrogens (tertiary/aromatic N) is 3. The van der Waals surface area contributed by atoms with Crippen LogP contribution in [0.2, 0.25) is 0 Å². The third kappa shape index (κ3) is 9.91. The van der Waals surface area contributed by atoms with Gasteiger partial charge in [-0.05, 0) is 50.4 Å². The summed E-state index contributed by atoms with van der Waals surface area (Å²) in [6.45, 7) is 6.94. The Kier molecular flexibility index (Phi) is 11.2. The Hall–Kier alpha value is -2.39. The number of imidazole rings is 1. The Bertz CT molecular complexity index is 947. The predicted octanol–water partition coefficient (Wildman–Crippen LogP) is 4.45. The lowest BCUT2D eigenvalue weighted by molar-refractivity contribution is -0.193. The van der Waals surface area contributed by atoms with E-state index in [1.54, 1.807) is 0 Å². The van der Waals surface area contributed by atoms with Crippen molar-refractivity contribution in [2.75, 3.05) is 33.0 Å². The molecule has 1 saturated heterocycles. The molecular formula is C25H35F6N3O6. The van der Waals surface area contributed by atoms with Gasteiger partial charge in [-0.25, -0.2) is 14.6 Å². The van der Waals surface area contributed by atoms with E-state index in [4.69, 9.17) is 34.3 Å². The van der Waals surface area contributed by atoms with Crippen molar-refractivity contribution < 1.29 is 55.6 Å². The normalized spacial score (nSPS) is 22.2. The van der Waals surface area contributed by atoms with Crippen LogP contribution in [0, 0.1) is 11.8 Å². The number of hydrogen-bond donors (Lipinski definition) is 2. The van der Waals surface area contributed by atoms with Crippen LogP contribution in [-0.2, 0) is 32.2 Å². The summed E-state index contributed by atoms with van der Waals surface area (Å²) in [4.78, 5) is 25.3. The minimum Gasteiger partial charge on any atom is -0.475 e. The number of alkyl halides is 6. The van der Waals surface area contributed by atoms with Crippen LogP contribution in [0.4, 0.5) is 26.3 Å². The molecule has 3 fully saturated rings. The lowest BCUT2D eigenvalue weighted by Gasteiger charge is -2.42. The molecule has 40 heavy (non-hydrogen) atoms. The van der Waals surface area contributed by atoms with Crippen LogP contribution >= 0.6 is 0 Å². The molecule has 15 heteroatoms. The number of halogens is 6. The zero-order valence-electron chi connectivity index (χ0n) is 21.9. The first-order valence-electron chi connectivity index (χ1n) is 13.3. The highest BCUT2D eigenvalue weighted by molar-refractivity contribution is 5.73. The molecule has 2 N–H and O–H groups in total. The van der Waals surface area contributed by atoms with Crippen LogP contribution in [0.3, 0.4) is 0 Å². The van der Waals surface area contributed by atoms with E-state index < -0.39 is 24.3 Å². The highest BCUT2D eigenvalue weighted by Crippen LogP contribution is 2.37. The van der Waals surface area contributed by atoms with E-state index in [2.05, 4.69) is 15.8 Å². The minimum atomic E-state index is -5.08. The zero-order chi connectivity index (χ0) is 29.5. The van der Waals surface area contributed by atoms with Gasteiger partial charge in [-0.3, -0.25) is 4.90 Å². The lowest BCUT2D eigenvalue weighted by Crippen LogP contribution is -2.45. The number of rotatable bonds is 7. The number of carboxylic acids is 2. The summed E-state index contributed by atoms with van der Waals surface area (Å²) < 4.78 is 77.7. The van der Waals surface area contributed by atoms with Gasteiger partial charge in [-0.2, -0.15) is 26.3 Å². The molecule has 1 atom stereocenters. The van der Waals surface area contributed by atoms with E-state index in [9.17, 15) is 26.3 Å². The number of hydrogen-bond acceptors (Lipinski definition) is 6. The molecule has 2 aliphatic carbocycles. The maximum absolute atomic E-state index is 10.6. The Morgan fingerprint density at radius 2 is 1.50 bits per heavy atom. The molecule has 2 aliphatic heterocycles. The molecule has 2 saturated carbocycles. The molecule has 9 nitrogen and oxygen atoms in total. The summed E-state index contributed by atoms with van der Waals surface area (Å²) >= 11 is 0. The first-order valence-corrected chi connectivity index (χ1v) is 13.3. The van der Waals surface area contributed by atoms with Crippen LogP contribution in [0.15, 0.2) is 6.33 Å². The van der Waals surface area contributed by atoms with Crippen LogP contribution in [0.5, 0.6) is 0 Å². The van der Waals surface area contributed by atoms with Gasteiger partial charge in [0.2, 0.25) is 0 Å². The second-order valence-electron chi connectivity index (χ2n) is 10.6. The summed E-state index contributed by atoms with van der Waals surface area (Å²) in [5.74, 6) is -3.45. The van der Waals surface area contributed by atoms with E-state index >= 15 is 0 Å². The average molecular weight is 588 g/mol. The fraction of sp³-hybridized carbons (Fsp3) is 0.800. The quantitative estimate of drug-likeness (QED) is 0.450. The first-order chi connectivity index (χ1) is 18.8. The number of carboxylic acid groups (broad SMARTS) is 2. The van der Waals surface area contributed by atoms with Crippen molar-refractivity contribution in [2.24, 2.45) is 11.8 Å². The Morgan fingerprint density at radius 3 is 1.98 bits per heavy atom. The van der Waals surface area contributed by atoms with E-state index in [0.29, 0.717) is 11.8 Å². The molecule has 228 valence electrons. The highest BCUT2D eigenvalue weighted by atomic mass is 19.4. The van der Waals surface area contributed by atoms with Gasteiger partial charge in [0, 0.05) is 57.1 Å². The Morgan fingerprint density at radius 1 is 0.925 bits per heavy atom. The van der Waals surface area contributed by atoms with E-state index in [0.717, 1.165) is 64.3 Å². The molecule has 1 unspecified atom stereocenters. The molecular weight excluding hydrogens is 552 g/mol. The third-order valence-electron chi connectivity index (χ3n) is 7.39. The van der Waals surface area contributed by atoms with Crippen LogP contribution < -0.4 is 0 Å². The van der Waals surface area contributed by atoms with Gasteiger partial charge in [-0.1, -0.05) is 6.42 Å². The first kappa shape index (κ1) is 32.1. The van der Waals surface area contributed by atoms with Gasteiger partial charge in [0.15, 0.2) is 0 Å². The van der Waals surface area contributed by atoms with Gasteiger partial charge < -0.3 is 24.3 Å². The molecule has 4 aliphatic rings. The lowest BCUT2D eigenvalue weighted by atomic mass is 9.88. The van der Waals surface area contributed by atoms with Gasteiger partial charge in [0.05, 0.1) is 18.6 Å². The topological polar surface area (TPSA) is 114 Å². The van der Waals surface area contributed by atoms with Crippen molar-refractivity contribution in [2.45, 2.75) is 82.3 Å². The fourth-order valence-corrected chi connectivity index (χ4v) is 4.83. The number of ether oxygens (including phenoxy) is 2. The van der Waals surface area contributed by atoms with E-state index in [1.165, 1.54) is 50.0 Å². The minimum absolute atomic E-state index is 0.487. The predicted molar refractivity (Wildman–Crippen MR) is 127 cm³/mol. The molecule has 5 rings (SSSR count). The second kappa shape index (κ2) is 14.0. The maximum atomic E-state index is 10.6. The van der Waals surface area contributed by atoms with Gasteiger partial charge in [-0.15, -0.1) is 0 Å². The monoisotopic (exact) mass is 587 g/mol. The van der Waals surface area contributed by atoms with Crippen molar-refractivity contribution in [3.63, 3.8) is 0 Å². The molecule has 0 aromatic carbocycles. The Labute approximate surface area is 227 Å². The number of aliphatic carboxylic acids is 2. The highest BCUT2D eigenvalue weighted by Gasteiger charge is 2.39. The molecule has 0 amide bonds. The second-order valence-corrected chi connectivity index (χ2v) is 10.6. The fourth-order valence-electron chi connectivity index (χ4n) is 4.83. The van der Waals surface area contributed by atoms with E-state index in [-0.39, 0.29) is 0 Å². The molecule has 0 spiro atoms. The van der Waals surface area contributed by atoms with Crippen molar-refractivity contribution in [1.82, 2.24) is 14.5 Å². The molecule has 3 heterocycles. The number of fused-ring (bicyclic) bond motifs is 1. The summed E-state index contributed by atoms with van der Waals surface area (Å²) in [6.07, 6.45) is 1.18. The van der Waals surface area contributed by atoms with Crippen molar-refractivity contribution >= 4 is 11.9 Å². The molecule has 1 aromatic heterocycles. The van der Waals surface area contributed by atoms with Gasteiger partial charge in [0.1, 0.15) is 0 Å². The Balaban J connectivity index is 0.000000263. The summed E-state index contributed by atoms with van der Waals surface area (Å²) in [7, 11) is 0. The summed E-state index contributed by atoms with van der Waals surface area (Å²) in [6, 6.07) is 0.787. The molecule has 1 aromatic rings. The maximum Gasteiger partial charge on any atom is 0.490 e. The van der Waals surface area contributed by atoms with Crippen molar-refractivity contribution in [1.29, 1.82) is 0 Å². The number of aromatic nitrogens is 2. The standard InChI is InChI=1S/C21H33N3O2.2C2HF3O2/c1-2-19(3-1)23-11-18(14-26-13-17-6-8-25-9-7-17)21-20(12-23)22-15-24(21)10-16-4-5-16;2*3-2(4,5)1(6)7/h15-19H,1-14H2;2*(H,6,7). The van der Waals surface area contributed by atoms with Crippen LogP contribution in [0.1, 0.15) is 62.3 Å².